The summed E-state index contributed by atoms with van der Waals surface area (Å²) >= 11 is 1.29. The molecular weight excluding hydrogens is 227 g/mol. The molecule has 0 saturated carbocycles. The minimum atomic E-state index is -4.54. The summed E-state index contributed by atoms with van der Waals surface area (Å²) in [6.07, 6.45) is -4.54. The van der Waals surface area contributed by atoms with Crippen LogP contribution in [0.25, 0.3) is 0 Å². The predicted molar refractivity (Wildman–Crippen MR) is 53.6 cm³/mol. The van der Waals surface area contributed by atoms with Crippen molar-refractivity contribution in [3.8, 4) is 0 Å². The lowest BCUT2D eigenvalue weighted by molar-refractivity contribution is -0.322. The number of alkyl halides is 3. The molecule has 0 saturated heterocycles. The molecule has 15 heavy (non-hydrogen) atoms. The van der Waals surface area contributed by atoms with E-state index in [0.717, 1.165) is 4.90 Å². The third-order valence-electron chi connectivity index (χ3n) is 1.50. The minimum Gasteiger partial charge on any atom is -0.399 e. The van der Waals surface area contributed by atoms with Crippen molar-refractivity contribution in [3.63, 3.8) is 0 Å². The highest BCUT2D eigenvalue weighted by atomic mass is 32.2. The van der Waals surface area contributed by atoms with Gasteiger partial charge in [0.1, 0.15) is 0 Å². The third kappa shape index (κ3) is 5.54. The molecule has 1 aromatic rings. The Hall–Kier alpha value is -0.880. The molecular formula is C9H10F3NOS. The number of hydrogen-bond donors (Lipinski definition) is 1. The lowest BCUT2D eigenvalue weighted by Crippen LogP contribution is -2.15. The molecule has 0 fully saturated rings. The van der Waals surface area contributed by atoms with Gasteiger partial charge in [-0.1, -0.05) is 0 Å². The van der Waals surface area contributed by atoms with Crippen molar-refractivity contribution in [2.45, 2.75) is 11.3 Å². The lowest BCUT2D eigenvalue weighted by Gasteiger charge is -2.06. The molecule has 1 rings (SSSR count). The number of rotatable bonds is 4. The van der Waals surface area contributed by atoms with Gasteiger partial charge in [-0.3, -0.25) is 4.74 Å². The van der Waals surface area contributed by atoms with Gasteiger partial charge in [-0.05, 0) is 24.3 Å². The number of nitrogen functional groups attached to an aromatic ring is 1. The largest absolute Gasteiger partial charge is 0.522 e. The second kappa shape index (κ2) is 5.27. The summed E-state index contributed by atoms with van der Waals surface area (Å²) in [5.41, 5.74) is 6.09. The van der Waals surface area contributed by atoms with E-state index in [9.17, 15) is 13.2 Å². The molecule has 1 aromatic carbocycles. The molecule has 2 nitrogen and oxygen atoms in total. The van der Waals surface area contributed by atoms with E-state index in [2.05, 4.69) is 4.74 Å². The molecule has 0 heterocycles. The highest BCUT2D eigenvalue weighted by Gasteiger charge is 2.28. The van der Waals surface area contributed by atoms with Gasteiger partial charge in [0.25, 0.3) is 0 Å². The number of benzene rings is 1. The maximum Gasteiger partial charge on any atom is 0.522 e. The van der Waals surface area contributed by atoms with E-state index in [1.165, 1.54) is 11.8 Å². The topological polar surface area (TPSA) is 35.2 Å². The van der Waals surface area contributed by atoms with E-state index >= 15 is 0 Å². The molecule has 0 bridgehead atoms. The van der Waals surface area contributed by atoms with Crippen molar-refractivity contribution in [2.75, 3.05) is 18.1 Å². The van der Waals surface area contributed by atoms with Crippen molar-refractivity contribution < 1.29 is 17.9 Å². The Kier molecular flexibility index (Phi) is 4.28. The zero-order valence-corrected chi connectivity index (χ0v) is 8.57. The van der Waals surface area contributed by atoms with Crippen molar-refractivity contribution in [2.24, 2.45) is 0 Å². The lowest BCUT2D eigenvalue weighted by atomic mass is 10.3. The van der Waals surface area contributed by atoms with E-state index in [1.54, 1.807) is 24.3 Å². The fraction of sp³-hybridized carbons (Fsp3) is 0.333. The zero-order valence-electron chi connectivity index (χ0n) is 7.75. The summed E-state index contributed by atoms with van der Waals surface area (Å²) in [6.45, 7) is -0.349. The van der Waals surface area contributed by atoms with Crippen molar-refractivity contribution in [3.05, 3.63) is 24.3 Å². The van der Waals surface area contributed by atoms with Gasteiger partial charge < -0.3 is 5.73 Å². The van der Waals surface area contributed by atoms with Gasteiger partial charge in [-0.25, -0.2) is 0 Å². The van der Waals surface area contributed by atoms with Crippen LogP contribution in [0.1, 0.15) is 0 Å². The third-order valence-corrected chi connectivity index (χ3v) is 2.47. The maximum absolute atomic E-state index is 11.6. The van der Waals surface area contributed by atoms with Crippen LogP contribution in [0.5, 0.6) is 0 Å². The van der Waals surface area contributed by atoms with Gasteiger partial charge in [-0.2, -0.15) is 0 Å². The molecule has 0 aromatic heterocycles. The first-order chi connectivity index (χ1) is 6.97. The van der Waals surface area contributed by atoms with Gasteiger partial charge in [0.05, 0.1) is 6.61 Å². The minimum absolute atomic E-state index is 0.253. The van der Waals surface area contributed by atoms with Crippen LogP contribution in [0.3, 0.4) is 0 Å². The Labute approximate surface area is 89.6 Å². The second-order valence-electron chi connectivity index (χ2n) is 2.71. The number of nitrogens with two attached hydrogens (primary N) is 1. The molecule has 0 aliphatic carbocycles. The molecule has 0 radical (unpaired) electrons. The van der Waals surface area contributed by atoms with Crippen molar-refractivity contribution in [1.29, 1.82) is 0 Å². The van der Waals surface area contributed by atoms with Gasteiger partial charge in [0.2, 0.25) is 0 Å². The van der Waals surface area contributed by atoms with Crippen LogP contribution in [-0.2, 0) is 4.74 Å². The standard InChI is InChI=1S/C9H10F3NOS/c10-9(11,12)14-5-6-15-8-3-1-7(13)2-4-8/h1-4H,5-6,13H2. The summed E-state index contributed by atoms with van der Waals surface area (Å²) in [6, 6.07) is 6.92. The van der Waals surface area contributed by atoms with Crippen LogP contribution in [0, 0.1) is 0 Å². The summed E-state index contributed by atoms with van der Waals surface area (Å²) < 4.78 is 38.4. The monoisotopic (exact) mass is 237 g/mol. The van der Waals surface area contributed by atoms with E-state index in [0.29, 0.717) is 5.69 Å². The second-order valence-corrected chi connectivity index (χ2v) is 3.88. The number of anilines is 1. The van der Waals surface area contributed by atoms with E-state index in [1.807, 2.05) is 0 Å². The van der Waals surface area contributed by atoms with E-state index in [4.69, 9.17) is 5.73 Å². The number of ether oxygens (including phenoxy) is 1. The van der Waals surface area contributed by atoms with E-state index in [-0.39, 0.29) is 12.4 Å². The Morgan fingerprint density at radius 1 is 1.20 bits per heavy atom. The maximum atomic E-state index is 11.6. The summed E-state index contributed by atoms with van der Waals surface area (Å²) in [4.78, 5) is 0.870. The summed E-state index contributed by atoms with van der Waals surface area (Å²) in [7, 11) is 0. The summed E-state index contributed by atoms with van der Waals surface area (Å²) in [5.74, 6) is 0.253. The SMILES string of the molecule is Nc1ccc(SCCOC(F)(F)F)cc1. The van der Waals surface area contributed by atoms with Gasteiger partial charge >= 0.3 is 6.36 Å². The average molecular weight is 237 g/mol. The Morgan fingerprint density at radius 2 is 1.80 bits per heavy atom. The van der Waals surface area contributed by atoms with Gasteiger partial charge in [0.15, 0.2) is 0 Å². The predicted octanol–water partition coefficient (Wildman–Crippen LogP) is 2.90. The number of hydrogen-bond acceptors (Lipinski definition) is 3. The van der Waals surface area contributed by atoms with Crippen molar-refractivity contribution >= 4 is 17.4 Å². The van der Waals surface area contributed by atoms with Gasteiger partial charge in [0, 0.05) is 16.3 Å². The Balaban J connectivity index is 2.23. The van der Waals surface area contributed by atoms with Gasteiger partial charge in [-0.15, -0.1) is 24.9 Å². The van der Waals surface area contributed by atoms with Crippen LogP contribution < -0.4 is 5.73 Å². The van der Waals surface area contributed by atoms with Crippen LogP contribution >= 0.6 is 11.8 Å². The molecule has 0 atom stereocenters. The molecule has 0 spiro atoms. The molecule has 84 valence electrons. The summed E-state index contributed by atoms with van der Waals surface area (Å²) in [5, 5.41) is 0. The normalized spacial score (nSPS) is 11.7. The quantitative estimate of drug-likeness (QED) is 0.497. The molecule has 6 heteroatoms. The molecule has 2 N–H and O–H groups in total. The highest BCUT2D eigenvalue weighted by molar-refractivity contribution is 7.99. The first-order valence-electron chi connectivity index (χ1n) is 4.16. The highest BCUT2D eigenvalue weighted by Crippen LogP contribution is 2.21. The van der Waals surface area contributed by atoms with E-state index < -0.39 is 6.36 Å². The average Bonchev–Trinajstić information content (AvgIpc) is 2.14. The van der Waals surface area contributed by atoms with Crippen LogP contribution in [0.15, 0.2) is 29.2 Å². The first kappa shape index (κ1) is 12.2. The number of thioether (sulfide) groups is 1. The molecule has 0 aliphatic heterocycles. The molecule has 0 unspecified atom stereocenters. The Bertz CT molecular complexity index is 299. The van der Waals surface area contributed by atoms with Crippen LogP contribution in [0.2, 0.25) is 0 Å². The Morgan fingerprint density at radius 3 is 2.33 bits per heavy atom. The fourth-order valence-electron chi connectivity index (χ4n) is 0.881. The van der Waals surface area contributed by atoms with Crippen LogP contribution in [-0.4, -0.2) is 18.7 Å². The fourth-order valence-corrected chi connectivity index (χ4v) is 1.61. The molecule has 0 aliphatic rings. The van der Waals surface area contributed by atoms with Crippen LogP contribution in [0.4, 0.5) is 18.9 Å². The number of halogens is 3. The first-order valence-corrected chi connectivity index (χ1v) is 5.15. The van der Waals surface area contributed by atoms with Crippen molar-refractivity contribution in [1.82, 2.24) is 0 Å². The molecule has 0 amide bonds. The smallest absolute Gasteiger partial charge is 0.399 e. The zero-order chi connectivity index (χ0) is 11.3.